The molecule has 5 nitrogen and oxygen atoms in total. The van der Waals surface area contributed by atoms with Crippen LogP contribution in [0.1, 0.15) is 39.5 Å². The maximum Gasteiger partial charge on any atom is 0.214 e. The lowest BCUT2D eigenvalue weighted by Gasteiger charge is -2.28. The van der Waals surface area contributed by atoms with Crippen molar-refractivity contribution >= 4 is 10.0 Å². The van der Waals surface area contributed by atoms with Crippen LogP contribution >= 0.6 is 0 Å². The molecule has 0 spiro atoms. The van der Waals surface area contributed by atoms with Crippen LogP contribution in [0.15, 0.2) is 0 Å². The van der Waals surface area contributed by atoms with E-state index in [1.165, 1.54) is 0 Å². The fourth-order valence-electron chi connectivity index (χ4n) is 2.17. The normalized spacial score (nSPS) is 20.0. The molecule has 0 heterocycles. The monoisotopic (exact) mass is 264 g/mol. The summed E-state index contributed by atoms with van der Waals surface area (Å²) in [6.07, 6.45) is 3.83. The minimum absolute atomic E-state index is 0.00687. The number of nitrogens with one attached hydrogen (secondary N) is 1. The van der Waals surface area contributed by atoms with Gasteiger partial charge in [-0.25, -0.2) is 13.1 Å². The van der Waals surface area contributed by atoms with Crippen LogP contribution in [0.4, 0.5) is 0 Å². The van der Waals surface area contributed by atoms with Gasteiger partial charge in [-0.2, -0.15) is 0 Å². The van der Waals surface area contributed by atoms with Crippen molar-refractivity contribution in [2.24, 2.45) is 5.73 Å². The van der Waals surface area contributed by atoms with Crippen LogP contribution in [0.5, 0.6) is 0 Å². The molecule has 17 heavy (non-hydrogen) atoms. The SMILES string of the molecule is CC(C)OCCS(=O)(=O)NC1(CN)CCCC1. The molecule has 1 rings (SSSR count). The van der Waals surface area contributed by atoms with Crippen molar-refractivity contribution in [1.29, 1.82) is 0 Å². The standard InChI is InChI=1S/C11H24N2O3S/c1-10(2)16-7-8-17(14,15)13-11(9-12)5-3-4-6-11/h10,13H,3-9,12H2,1-2H3. The van der Waals surface area contributed by atoms with Gasteiger partial charge in [0.2, 0.25) is 10.0 Å². The van der Waals surface area contributed by atoms with Gasteiger partial charge in [0.25, 0.3) is 0 Å². The van der Waals surface area contributed by atoms with Crippen LogP contribution < -0.4 is 10.5 Å². The molecule has 0 saturated heterocycles. The Balaban J connectivity index is 2.47. The Bertz CT molecular complexity index is 322. The molecule has 0 amide bonds. The summed E-state index contributed by atoms with van der Waals surface area (Å²) in [5.74, 6) is 0.00687. The highest BCUT2D eigenvalue weighted by molar-refractivity contribution is 7.89. The van der Waals surface area contributed by atoms with Crippen molar-refractivity contribution in [1.82, 2.24) is 4.72 Å². The van der Waals surface area contributed by atoms with Gasteiger partial charge in [0.1, 0.15) is 0 Å². The van der Waals surface area contributed by atoms with Crippen molar-refractivity contribution in [2.75, 3.05) is 18.9 Å². The molecule has 0 aromatic heterocycles. The summed E-state index contributed by atoms with van der Waals surface area (Å²) in [6.45, 7) is 4.38. The van der Waals surface area contributed by atoms with Crippen LogP contribution in [-0.2, 0) is 14.8 Å². The molecule has 1 aliphatic rings. The van der Waals surface area contributed by atoms with Gasteiger partial charge < -0.3 is 10.5 Å². The highest BCUT2D eigenvalue weighted by Crippen LogP contribution is 2.29. The van der Waals surface area contributed by atoms with Gasteiger partial charge in [-0.3, -0.25) is 0 Å². The molecule has 1 fully saturated rings. The lowest BCUT2D eigenvalue weighted by molar-refractivity contribution is 0.0910. The van der Waals surface area contributed by atoms with E-state index in [1.807, 2.05) is 13.8 Å². The Morgan fingerprint density at radius 2 is 1.94 bits per heavy atom. The zero-order valence-corrected chi connectivity index (χ0v) is 11.6. The summed E-state index contributed by atoms with van der Waals surface area (Å²) in [5, 5.41) is 0. The van der Waals surface area contributed by atoms with Crippen LogP contribution in [0.3, 0.4) is 0 Å². The molecular weight excluding hydrogens is 240 g/mol. The highest BCUT2D eigenvalue weighted by atomic mass is 32.2. The quantitative estimate of drug-likeness (QED) is 0.705. The van der Waals surface area contributed by atoms with Crippen molar-refractivity contribution in [3.8, 4) is 0 Å². The van der Waals surface area contributed by atoms with Crippen LogP contribution in [0, 0.1) is 0 Å². The third-order valence-corrected chi connectivity index (χ3v) is 4.57. The summed E-state index contributed by atoms with van der Waals surface area (Å²) in [5.41, 5.74) is 5.29. The van der Waals surface area contributed by atoms with Crippen LogP contribution in [-0.4, -0.2) is 39.0 Å². The second kappa shape index (κ2) is 6.13. The predicted octanol–water partition coefficient (Wildman–Crippen LogP) is 0.602. The Morgan fingerprint density at radius 1 is 1.35 bits per heavy atom. The topological polar surface area (TPSA) is 81.4 Å². The van der Waals surface area contributed by atoms with Crippen LogP contribution in [0.2, 0.25) is 0 Å². The lowest BCUT2D eigenvalue weighted by Crippen LogP contribution is -2.52. The van der Waals surface area contributed by atoms with Crippen molar-refractivity contribution in [2.45, 2.75) is 51.2 Å². The first-order valence-electron chi connectivity index (χ1n) is 6.22. The molecular formula is C11H24N2O3S. The maximum atomic E-state index is 11.9. The minimum atomic E-state index is -3.29. The second-order valence-corrected chi connectivity index (χ2v) is 6.87. The predicted molar refractivity (Wildman–Crippen MR) is 68.3 cm³/mol. The summed E-state index contributed by atoms with van der Waals surface area (Å²) in [6, 6.07) is 0. The molecule has 0 radical (unpaired) electrons. The fraction of sp³-hybridized carbons (Fsp3) is 1.00. The van der Waals surface area contributed by atoms with Crippen molar-refractivity contribution in [3.63, 3.8) is 0 Å². The Hall–Kier alpha value is -0.170. The average molecular weight is 264 g/mol. The zero-order valence-electron chi connectivity index (χ0n) is 10.7. The largest absolute Gasteiger partial charge is 0.378 e. The van der Waals surface area contributed by atoms with Gasteiger partial charge in [0.15, 0.2) is 0 Å². The molecule has 0 unspecified atom stereocenters. The zero-order chi connectivity index (χ0) is 12.9. The van der Waals surface area contributed by atoms with Crippen LogP contribution in [0.25, 0.3) is 0 Å². The number of rotatable bonds is 7. The second-order valence-electron chi connectivity index (χ2n) is 5.03. The summed E-state index contributed by atoms with van der Waals surface area (Å²) in [4.78, 5) is 0. The van der Waals surface area contributed by atoms with E-state index in [0.29, 0.717) is 6.54 Å². The smallest absolute Gasteiger partial charge is 0.214 e. The van der Waals surface area contributed by atoms with E-state index in [2.05, 4.69) is 4.72 Å². The van der Waals surface area contributed by atoms with Gasteiger partial charge in [0.05, 0.1) is 18.5 Å². The Labute approximate surface area is 104 Å². The first kappa shape index (κ1) is 14.9. The number of sulfonamides is 1. The third kappa shape index (κ3) is 4.91. The van der Waals surface area contributed by atoms with Gasteiger partial charge in [-0.15, -0.1) is 0 Å². The summed E-state index contributed by atoms with van der Waals surface area (Å²) in [7, 11) is -3.29. The number of hydrogen-bond acceptors (Lipinski definition) is 4. The van der Waals surface area contributed by atoms with Crippen molar-refractivity contribution in [3.05, 3.63) is 0 Å². The molecule has 1 saturated carbocycles. The van der Waals surface area contributed by atoms with E-state index in [9.17, 15) is 8.42 Å². The molecule has 1 aliphatic carbocycles. The molecule has 0 atom stereocenters. The molecule has 0 bridgehead atoms. The van der Waals surface area contributed by atoms with Gasteiger partial charge in [-0.1, -0.05) is 12.8 Å². The Morgan fingerprint density at radius 3 is 2.41 bits per heavy atom. The highest BCUT2D eigenvalue weighted by Gasteiger charge is 2.35. The van der Waals surface area contributed by atoms with E-state index in [1.54, 1.807) is 0 Å². The molecule has 0 aliphatic heterocycles. The number of hydrogen-bond donors (Lipinski definition) is 2. The summed E-state index contributed by atoms with van der Waals surface area (Å²) >= 11 is 0. The molecule has 0 aromatic rings. The van der Waals surface area contributed by atoms with E-state index in [0.717, 1.165) is 25.7 Å². The molecule has 0 aromatic carbocycles. The maximum absolute atomic E-state index is 11.9. The van der Waals surface area contributed by atoms with E-state index in [-0.39, 0.29) is 18.5 Å². The first-order chi connectivity index (χ1) is 7.89. The molecule has 3 N–H and O–H groups in total. The number of ether oxygens (including phenoxy) is 1. The van der Waals surface area contributed by atoms with Gasteiger partial charge in [0, 0.05) is 12.1 Å². The first-order valence-corrected chi connectivity index (χ1v) is 7.88. The lowest BCUT2D eigenvalue weighted by atomic mass is 10.0. The molecule has 6 heteroatoms. The summed E-state index contributed by atoms with van der Waals surface area (Å²) < 4.78 is 31.8. The molecule has 102 valence electrons. The van der Waals surface area contributed by atoms with Gasteiger partial charge >= 0.3 is 0 Å². The Kier molecular flexibility index (Phi) is 5.37. The number of nitrogens with two attached hydrogens (primary N) is 1. The minimum Gasteiger partial charge on any atom is -0.378 e. The fourth-order valence-corrected chi connectivity index (χ4v) is 3.54. The van der Waals surface area contributed by atoms with E-state index < -0.39 is 15.6 Å². The average Bonchev–Trinajstić information content (AvgIpc) is 2.65. The van der Waals surface area contributed by atoms with Gasteiger partial charge in [-0.05, 0) is 26.7 Å². The van der Waals surface area contributed by atoms with E-state index in [4.69, 9.17) is 10.5 Å². The van der Waals surface area contributed by atoms with E-state index >= 15 is 0 Å². The third-order valence-electron chi connectivity index (χ3n) is 3.13. The van der Waals surface area contributed by atoms with Crippen molar-refractivity contribution < 1.29 is 13.2 Å².